The molecule has 5 heteroatoms. The lowest BCUT2D eigenvalue weighted by molar-refractivity contribution is 0.406. The fourth-order valence-corrected chi connectivity index (χ4v) is 1.91. The molecular formula is C14H15ClN2O2. The molecule has 0 spiro atoms. The molecule has 0 unspecified atom stereocenters. The maximum atomic E-state index is 9.84. The molecule has 3 N–H and O–H groups in total. The first-order valence-corrected chi connectivity index (χ1v) is 6.18. The predicted octanol–water partition coefficient (Wildman–Crippen LogP) is 3.17. The predicted molar refractivity (Wildman–Crippen MR) is 76.6 cm³/mol. The molecule has 0 aliphatic rings. The van der Waals surface area contributed by atoms with Crippen LogP contribution in [0.5, 0.6) is 11.5 Å². The van der Waals surface area contributed by atoms with Gasteiger partial charge in [0.1, 0.15) is 11.5 Å². The van der Waals surface area contributed by atoms with E-state index in [-0.39, 0.29) is 5.75 Å². The van der Waals surface area contributed by atoms with Crippen molar-refractivity contribution in [1.29, 1.82) is 0 Å². The van der Waals surface area contributed by atoms with Crippen molar-refractivity contribution in [2.24, 2.45) is 0 Å². The molecule has 19 heavy (non-hydrogen) atoms. The lowest BCUT2D eigenvalue weighted by Crippen LogP contribution is -2.20. The standard InChI is InChI=1S/C14H15ClN2O2/c1-19-14-8-13(18)10(7-12(14)15)9-16-17-11-5-3-2-4-6-11/h2-8,16-18H,9H2,1H3. The quantitative estimate of drug-likeness (QED) is 0.736. The Kier molecular flexibility index (Phi) is 4.49. The van der Waals surface area contributed by atoms with Crippen molar-refractivity contribution in [1.82, 2.24) is 5.43 Å². The number of hydrazine groups is 1. The Bertz CT molecular complexity index is 547. The van der Waals surface area contributed by atoms with Gasteiger partial charge in [-0.25, -0.2) is 5.43 Å². The fourth-order valence-electron chi connectivity index (χ4n) is 1.64. The van der Waals surface area contributed by atoms with E-state index in [1.54, 1.807) is 6.07 Å². The maximum Gasteiger partial charge on any atom is 0.141 e. The van der Waals surface area contributed by atoms with Gasteiger partial charge in [0.05, 0.1) is 12.1 Å². The monoisotopic (exact) mass is 278 g/mol. The number of hydrogen-bond donors (Lipinski definition) is 3. The number of benzene rings is 2. The number of methoxy groups -OCH3 is 1. The summed E-state index contributed by atoms with van der Waals surface area (Å²) in [5.74, 6) is 0.600. The molecule has 2 aromatic carbocycles. The van der Waals surface area contributed by atoms with Crippen LogP contribution in [0.1, 0.15) is 5.56 Å². The first kappa shape index (κ1) is 13.5. The second kappa shape index (κ2) is 6.31. The van der Waals surface area contributed by atoms with Crippen LogP contribution in [0, 0.1) is 0 Å². The number of para-hydroxylation sites is 1. The Balaban J connectivity index is 1.98. The summed E-state index contributed by atoms with van der Waals surface area (Å²) in [6.45, 7) is 0.435. The largest absolute Gasteiger partial charge is 0.507 e. The minimum absolute atomic E-state index is 0.142. The number of halogens is 1. The van der Waals surface area contributed by atoms with Crippen molar-refractivity contribution in [2.45, 2.75) is 6.54 Å². The molecule has 0 saturated heterocycles. The third kappa shape index (κ3) is 3.53. The number of phenolic OH excluding ortho intramolecular Hbond substituents is 1. The van der Waals surface area contributed by atoms with E-state index in [9.17, 15) is 5.11 Å². The number of rotatable bonds is 5. The lowest BCUT2D eigenvalue weighted by atomic mass is 10.2. The van der Waals surface area contributed by atoms with Crippen molar-refractivity contribution in [3.05, 3.63) is 53.1 Å². The highest BCUT2D eigenvalue weighted by atomic mass is 35.5. The molecule has 0 amide bonds. The highest BCUT2D eigenvalue weighted by molar-refractivity contribution is 6.32. The summed E-state index contributed by atoms with van der Waals surface area (Å²) >= 11 is 6.01. The van der Waals surface area contributed by atoms with Crippen LogP contribution in [0.4, 0.5) is 5.69 Å². The second-order valence-corrected chi connectivity index (χ2v) is 4.37. The van der Waals surface area contributed by atoms with Gasteiger partial charge in [-0.2, -0.15) is 0 Å². The van der Waals surface area contributed by atoms with Gasteiger partial charge in [0.2, 0.25) is 0 Å². The van der Waals surface area contributed by atoms with Gasteiger partial charge in [-0.15, -0.1) is 0 Å². The van der Waals surface area contributed by atoms with Crippen molar-refractivity contribution in [2.75, 3.05) is 12.5 Å². The average molecular weight is 279 g/mol. The molecule has 2 aromatic rings. The zero-order valence-corrected chi connectivity index (χ0v) is 11.2. The SMILES string of the molecule is COc1cc(O)c(CNNc2ccccc2)cc1Cl. The van der Waals surface area contributed by atoms with Gasteiger partial charge >= 0.3 is 0 Å². The fraction of sp³-hybridized carbons (Fsp3) is 0.143. The van der Waals surface area contributed by atoms with Gasteiger partial charge < -0.3 is 15.3 Å². The highest BCUT2D eigenvalue weighted by Gasteiger charge is 2.07. The van der Waals surface area contributed by atoms with Crippen LogP contribution in [0.25, 0.3) is 0 Å². The minimum Gasteiger partial charge on any atom is -0.507 e. The molecule has 0 aromatic heterocycles. The van der Waals surface area contributed by atoms with Crippen LogP contribution in [-0.4, -0.2) is 12.2 Å². The topological polar surface area (TPSA) is 53.5 Å². The van der Waals surface area contributed by atoms with Crippen molar-refractivity contribution >= 4 is 17.3 Å². The molecule has 0 bridgehead atoms. The normalized spacial score (nSPS) is 10.2. The molecule has 0 aliphatic carbocycles. The second-order valence-electron chi connectivity index (χ2n) is 3.96. The summed E-state index contributed by atoms with van der Waals surface area (Å²) in [5.41, 5.74) is 7.68. The summed E-state index contributed by atoms with van der Waals surface area (Å²) in [5, 5.41) is 10.3. The smallest absolute Gasteiger partial charge is 0.141 e. The molecule has 100 valence electrons. The van der Waals surface area contributed by atoms with Gasteiger partial charge in [0.25, 0.3) is 0 Å². The summed E-state index contributed by atoms with van der Waals surface area (Å²) in [6.07, 6.45) is 0. The van der Waals surface area contributed by atoms with Crippen LogP contribution in [0.15, 0.2) is 42.5 Å². The minimum atomic E-state index is 0.142. The van der Waals surface area contributed by atoms with E-state index >= 15 is 0 Å². The first-order chi connectivity index (χ1) is 9.20. The van der Waals surface area contributed by atoms with Crippen LogP contribution < -0.4 is 15.6 Å². The Labute approximate surface area is 116 Å². The lowest BCUT2D eigenvalue weighted by Gasteiger charge is -2.11. The molecule has 0 radical (unpaired) electrons. The zero-order chi connectivity index (χ0) is 13.7. The number of anilines is 1. The highest BCUT2D eigenvalue weighted by Crippen LogP contribution is 2.31. The molecule has 2 rings (SSSR count). The Morgan fingerprint density at radius 3 is 2.63 bits per heavy atom. The molecule has 0 fully saturated rings. The third-order valence-electron chi connectivity index (χ3n) is 2.64. The maximum absolute atomic E-state index is 9.84. The van der Waals surface area contributed by atoms with E-state index in [2.05, 4.69) is 10.9 Å². The summed E-state index contributed by atoms with van der Waals surface area (Å²) in [4.78, 5) is 0. The van der Waals surface area contributed by atoms with Crippen LogP contribution in [0.2, 0.25) is 5.02 Å². The van der Waals surface area contributed by atoms with Crippen molar-refractivity contribution in [3.8, 4) is 11.5 Å². The zero-order valence-electron chi connectivity index (χ0n) is 10.5. The average Bonchev–Trinajstić information content (AvgIpc) is 2.43. The first-order valence-electron chi connectivity index (χ1n) is 5.80. The summed E-state index contributed by atoms with van der Waals surface area (Å²) < 4.78 is 5.03. The van der Waals surface area contributed by atoms with Crippen molar-refractivity contribution in [3.63, 3.8) is 0 Å². The molecule has 0 heterocycles. The van der Waals surface area contributed by atoms with Crippen molar-refractivity contribution < 1.29 is 9.84 Å². The van der Waals surface area contributed by atoms with Gasteiger partial charge in [-0.05, 0) is 18.2 Å². The molecular weight excluding hydrogens is 264 g/mol. The number of hydrogen-bond acceptors (Lipinski definition) is 4. The van der Waals surface area contributed by atoms with Gasteiger partial charge in [-0.3, -0.25) is 0 Å². The van der Waals surface area contributed by atoms with Crippen LogP contribution in [0.3, 0.4) is 0 Å². The molecule has 0 atom stereocenters. The summed E-state index contributed by atoms with van der Waals surface area (Å²) in [7, 11) is 1.51. The Hall–Kier alpha value is -1.91. The van der Waals surface area contributed by atoms with E-state index in [0.29, 0.717) is 22.9 Å². The third-order valence-corrected chi connectivity index (χ3v) is 2.93. The van der Waals surface area contributed by atoms with Gasteiger partial charge in [0.15, 0.2) is 0 Å². The van der Waals surface area contributed by atoms with E-state index in [1.165, 1.54) is 13.2 Å². The molecule has 0 aliphatic heterocycles. The number of nitrogens with one attached hydrogen (secondary N) is 2. The number of phenols is 1. The molecule has 0 saturated carbocycles. The van der Waals surface area contributed by atoms with E-state index in [4.69, 9.17) is 16.3 Å². The van der Waals surface area contributed by atoms with E-state index in [1.807, 2.05) is 30.3 Å². The number of ether oxygens (including phenoxy) is 1. The Morgan fingerprint density at radius 2 is 1.95 bits per heavy atom. The summed E-state index contributed by atoms with van der Waals surface area (Å²) in [6, 6.07) is 12.9. The van der Waals surface area contributed by atoms with Gasteiger partial charge in [-0.1, -0.05) is 29.8 Å². The molecule has 4 nitrogen and oxygen atoms in total. The van der Waals surface area contributed by atoms with E-state index < -0.39 is 0 Å². The Morgan fingerprint density at radius 1 is 1.21 bits per heavy atom. The van der Waals surface area contributed by atoms with E-state index in [0.717, 1.165) is 5.69 Å². The van der Waals surface area contributed by atoms with Crippen LogP contribution in [-0.2, 0) is 6.54 Å². The van der Waals surface area contributed by atoms with Gasteiger partial charge in [0, 0.05) is 23.9 Å². The van der Waals surface area contributed by atoms with Crippen LogP contribution >= 0.6 is 11.6 Å². The number of aromatic hydroxyl groups is 1.